The smallest absolute Gasteiger partial charge is 0.305 e. The molecule has 0 aliphatic rings. The molecule has 0 spiro atoms. The number of ether oxygens (including phenoxy) is 2. The predicted molar refractivity (Wildman–Crippen MR) is 206 cm³/mol. The molecule has 0 amide bonds. The summed E-state index contributed by atoms with van der Waals surface area (Å²) in [6, 6.07) is 0. The molecule has 0 bridgehead atoms. The van der Waals surface area contributed by atoms with Gasteiger partial charge >= 0.3 is 11.9 Å². The minimum absolute atomic E-state index is 0.0715. The molecular formula is C42H79NO6. The van der Waals surface area contributed by atoms with Crippen LogP contribution in [-0.4, -0.2) is 60.7 Å². The maximum absolute atomic E-state index is 12.0. The average molecular weight is 694 g/mol. The first-order valence-electron chi connectivity index (χ1n) is 20.7. The number of hydrogen-bond donors (Lipinski definition) is 3. The SMILES string of the molecule is CCCCCCCC/C=C\CCCCCCCC(=O)OC[C@@H](O)CNC[C@H](O)COC(=O)CCCCCCC/C=C\CCCCCCCC. The van der Waals surface area contributed by atoms with Crippen LogP contribution in [0.2, 0.25) is 0 Å². The van der Waals surface area contributed by atoms with Crippen molar-refractivity contribution in [2.75, 3.05) is 26.3 Å². The number of unbranched alkanes of at least 4 members (excludes halogenated alkanes) is 22. The van der Waals surface area contributed by atoms with E-state index in [1.54, 1.807) is 0 Å². The zero-order chi connectivity index (χ0) is 35.9. The molecule has 0 aliphatic carbocycles. The van der Waals surface area contributed by atoms with Crippen molar-refractivity contribution in [2.24, 2.45) is 0 Å². The molecule has 0 aromatic carbocycles. The van der Waals surface area contributed by atoms with Crippen molar-refractivity contribution in [2.45, 2.75) is 206 Å². The van der Waals surface area contributed by atoms with E-state index in [2.05, 4.69) is 43.5 Å². The van der Waals surface area contributed by atoms with E-state index in [4.69, 9.17) is 9.47 Å². The van der Waals surface area contributed by atoms with Gasteiger partial charge in [0.2, 0.25) is 0 Å². The van der Waals surface area contributed by atoms with Crippen LogP contribution in [0.5, 0.6) is 0 Å². The van der Waals surface area contributed by atoms with Gasteiger partial charge in [-0.05, 0) is 64.2 Å². The molecule has 0 fully saturated rings. The Morgan fingerprint density at radius 1 is 0.469 bits per heavy atom. The van der Waals surface area contributed by atoms with E-state index in [0.717, 1.165) is 51.4 Å². The first kappa shape index (κ1) is 47.3. The van der Waals surface area contributed by atoms with Crippen molar-refractivity contribution in [3.05, 3.63) is 24.3 Å². The van der Waals surface area contributed by atoms with Gasteiger partial charge in [-0.2, -0.15) is 0 Å². The van der Waals surface area contributed by atoms with Crippen LogP contribution in [0.15, 0.2) is 24.3 Å². The fourth-order valence-corrected chi connectivity index (χ4v) is 5.74. The summed E-state index contributed by atoms with van der Waals surface area (Å²) in [5.41, 5.74) is 0. The van der Waals surface area contributed by atoms with Gasteiger partial charge in [-0.15, -0.1) is 0 Å². The number of allylic oxidation sites excluding steroid dienone is 4. The highest BCUT2D eigenvalue weighted by Crippen LogP contribution is 2.12. The topological polar surface area (TPSA) is 105 Å². The van der Waals surface area contributed by atoms with Crippen LogP contribution in [0, 0.1) is 0 Å². The highest BCUT2D eigenvalue weighted by Gasteiger charge is 2.12. The summed E-state index contributed by atoms with van der Waals surface area (Å²) in [6.45, 7) is 4.73. The van der Waals surface area contributed by atoms with Gasteiger partial charge in [-0.3, -0.25) is 9.59 Å². The van der Waals surface area contributed by atoms with Crippen LogP contribution in [0.25, 0.3) is 0 Å². The summed E-state index contributed by atoms with van der Waals surface area (Å²) >= 11 is 0. The van der Waals surface area contributed by atoms with Crippen molar-refractivity contribution in [1.29, 1.82) is 0 Å². The van der Waals surface area contributed by atoms with Crippen molar-refractivity contribution in [1.82, 2.24) is 5.32 Å². The minimum Gasteiger partial charge on any atom is -0.463 e. The minimum atomic E-state index is -0.853. The molecule has 49 heavy (non-hydrogen) atoms. The maximum Gasteiger partial charge on any atom is 0.305 e. The summed E-state index contributed by atoms with van der Waals surface area (Å²) in [5.74, 6) is -0.565. The van der Waals surface area contributed by atoms with Crippen LogP contribution in [0.3, 0.4) is 0 Å². The Morgan fingerprint density at radius 2 is 0.755 bits per heavy atom. The van der Waals surface area contributed by atoms with E-state index in [9.17, 15) is 19.8 Å². The Kier molecular flexibility index (Phi) is 37.7. The van der Waals surface area contributed by atoms with Crippen molar-refractivity contribution in [3.63, 3.8) is 0 Å². The van der Waals surface area contributed by atoms with Crippen LogP contribution in [-0.2, 0) is 19.1 Å². The quantitative estimate of drug-likeness (QED) is 0.0336. The third-order valence-electron chi connectivity index (χ3n) is 8.92. The lowest BCUT2D eigenvalue weighted by Crippen LogP contribution is -2.37. The number of aliphatic hydroxyl groups is 2. The number of carbonyl (C=O) groups is 2. The van der Waals surface area contributed by atoms with E-state index >= 15 is 0 Å². The second kappa shape index (κ2) is 39.1. The van der Waals surface area contributed by atoms with E-state index in [-0.39, 0.29) is 38.2 Å². The van der Waals surface area contributed by atoms with Crippen LogP contribution in [0.1, 0.15) is 194 Å². The van der Waals surface area contributed by atoms with Crippen LogP contribution < -0.4 is 5.32 Å². The van der Waals surface area contributed by atoms with Gasteiger partial charge in [-0.25, -0.2) is 0 Å². The molecule has 0 unspecified atom stereocenters. The number of rotatable bonds is 38. The number of nitrogens with one attached hydrogen (secondary N) is 1. The van der Waals surface area contributed by atoms with Gasteiger partial charge in [0.15, 0.2) is 0 Å². The molecule has 0 aliphatic heterocycles. The Bertz CT molecular complexity index is 708. The molecule has 0 aromatic rings. The number of aliphatic hydroxyl groups excluding tert-OH is 2. The van der Waals surface area contributed by atoms with Gasteiger partial charge in [-0.1, -0.05) is 141 Å². The zero-order valence-electron chi connectivity index (χ0n) is 32.1. The second-order valence-corrected chi connectivity index (χ2v) is 14.0. The molecule has 0 saturated heterocycles. The largest absolute Gasteiger partial charge is 0.463 e. The highest BCUT2D eigenvalue weighted by atomic mass is 16.5. The predicted octanol–water partition coefficient (Wildman–Crippen LogP) is 10.5. The molecule has 288 valence electrons. The van der Waals surface area contributed by atoms with Gasteiger partial charge in [0.05, 0.1) is 0 Å². The lowest BCUT2D eigenvalue weighted by atomic mass is 10.1. The number of esters is 2. The third-order valence-corrected chi connectivity index (χ3v) is 8.92. The lowest BCUT2D eigenvalue weighted by molar-refractivity contribution is -0.147. The Hall–Kier alpha value is -1.70. The third kappa shape index (κ3) is 38.9. The maximum atomic E-state index is 12.0. The number of hydrogen-bond acceptors (Lipinski definition) is 7. The Morgan fingerprint density at radius 3 is 1.08 bits per heavy atom. The summed E-state index contributed by atoms with van der Waals surface area (Å²) < 4.78 is 10.4. The monoisotopic (exact) mass is 694 g/mol. The first-order chi connectivity index (χ1) is 24.0. The lowest BCUT2D eigenvalue weighted by Gasteiger charge is -2.15. The van der Waals surface area contributed by atoms with E-state index < -0.39 is 12.2 Å². The van der Waals surface area contributed by atoms with Gasteiger partial charge in [0.1, 0.15) is 25.4 Å². The highest BCUT2D eigenvalue weighted by molar-refractivity contribution is 5.69. The second-order valence-electron chi connectivity index (χ2n) is 14.0. The van der Waals surface area contributed by atoms with Crippen molar-refractivity contribution >= 4 is 11.9 Å². The molecular weight excluding hydrogens is 614 g/mol. The molecule has 2 atom stereocenters. The summed E-state index contributed by atoms with van der Waals surface area (Å²) in [7, 11) is 0. The summed E-state index contributed by atoms with van der Waals surface area (Å²) in [5, 5.41) is 23.1. The fourth-order valence-electron chi connectivity index (χ4n) is 5.74. The molecule has 3 N–H and O–H groups in total. The molecule has 0 radical (unpaired) electrons. The molecule has 0 saturated carbocycles. The van der Waals surface area contributed by atoms with Crippen molar-refractivity contribution < 1.29 is 29.3 Å². The standard InChI is InChI=1S/C42H79NO6/c1-3-5-7-9-11-13-15-17-19-21-23-25-27-29-31-33-41(46)48-37-39(44)35-43-36-40(45)38-49-42(47)34-32-30-28-26-24-22-20-18-16-14-12-10-8-6-4-2/h17-20,39-40,43-45H,3-16,21-38H2,1-2H3/b19-17-,20-18-/t39-,40-/m0/s1. The molecule has 7 nitrogen and oxygen atoms in total. The average Bonchev–Trinajstić information content (AvgIpc) is 3.09. The zero-order valence-corrected chi connectivity index (χ0v) is 32.1. The van der Waals surface area contributed by atoms with E-state index in [1.165, 1.54) is 116 Å². The van der Waals surface area contributed by atoms with E-state index in [0.29, 0.717) is 12.8 Å². The molecule has 0 rings (SSSR count). The molecule has 0 heterocycles. The van der Waals surface area contributed by atoms with Crippen LogP contribution in [0.4, 0.5) is 0 Å². The number of carbonyl (C=O) groups excluding carboxylic acids is 2. The van der Waals surface area contributed by atoms with E-state index in [1.807, 2.05) is 0 Å². The van der Waals surface area contributed by atoms with Crippen molar-refractivity contribution in [3.8, 4) is 0 Å². The van der Waals surface area contributed by atoms with Crippen LogP contribution >= 0.6 is 0 Å². The van der Waals surface area contributed by atoms with Gasteiger partial charge in [0, 0.05) is 25.9 Å². The first-order valence-corrected chi connectivity index (χ1v) is 20.7. The Labute approximate surface area is 302 Å². The van der Waals surface area contributed by atoms with Gasteiger partial charge < -0.3 is 25.0 Å². The molecule has 0 aromatic heterocycles. The van der Waals surface area contributed by atoms with Gasteiger partial charge in [0.25, 0.3) is 0 Å². The molecule has 7 heteroatoms. The summed E-state index contributed by atoms with van der Waals surface area (Å²) in [4.78, 5) is 24.0. The normalized spacial score (nSPS) is 13.0. The Balaban J connectivity index is 3.52. The summed E-state index contributed by atoms with van der Waals surface area (Å²) in [6.07, 6.45) is 39.9. The fraction of sp³-hybridized carbons (Fsp3) is 0.857.